The fourth-order valence-corrected chi connectivity index (χ4v) is 3.03. The van der Waals surface area contributed by atoms with Crippen molar-refractivity contribution in [2.75, 3.05) is 19.6 Å². The summed E-state index contributed by atoms with van der Waals surface area (Å²) in [6.07, 6.45) is 2.92. The molecule has 0 heterocycles. The maximum Gasteiger partial charge on any atom is 0.279 e. The average Bonchev–Trinajstić information content (AvgIpc) is 2.13. The van der Waals surface area contributed by atoms with Crippen LogP contribution in [0, 0.1) is 0 Å². The maximum absolute atomic E-state index is 11.7. The molecule has 6 heteroatoms. The Morgan fingerprint density at radius 1 is 1.33 bits per heavy atom. The van der Waals surface area contributed by atoms with Gasteiger partial charge >= 0.3 is 0 Å². The first kappa shape index (κ1) is 12.9. The molecule has 0 spiro atoms. The van der Waals surface area contributed by atoms with Crippen molar-refractivity contribution in [3.05, 3.63) is 0 Å². The van der Waals surface area contributed by atoms with E-state index >= 15 is 0 Å². The topological polar surface area (TPSA) is 75.4 Å². The first-order chi connectivity index (χ1) is 6.93. The van der Waals surface area contributed by atoms with Crippen LogP contribution in [0.1, 0.15) is 33.1 Å². The molecule has 0 bridgehead atoms. The zero-order chi connectivity index (χ0) is 11.5. The van der Waals surface area contributed by atoms with E-state index in [-0.39, 0.29) is 5.54 Å². The van der Waals surface area contributed by atoms with Gasteiger partial charge in [0, 0.05) is 25.2 Å². The van der Waals surface area contributed by atoms with Crippen molar-refractivity contribution in [3.63, 3.8) is 0 Å². The van der Waals surface area contributed by atoms with E-state index in [1.165, 1.54) is 4.31 Å². The summed E-state index contributed by atoms with van der Waals surface area (Å²) < 4.78 is 27.5. The summed E-state index contributed by atoms with van der Waals surface area (Å²) in [5, 5.41) is 0. The van der Waals surface area contributed by atoms with Crippen LogP contribution < -0.4 is 10.5 Å². The van der Waals surface area contributed by atoms with E-state index in [1.54, 1.807) is 0 Å². The van der Waals surface area contributed by atoms with Crippen molar-refractivity contribution in [2.24, 2.45) is 5.73 Å². The zero-order valence-corrected chi connectivity index (χ0v) is 10.3. The molecule has 0 unspecified atom stereocenters. The first-order valence-corrected chi connectivity index (χ1v) is 6.91. The van der Waals surface area contributed by atoms with Crippen LogP contribution in [-0.2, 0) is 10.2 Å². The summed E-state index contributed by atoms with van der Waals surface area (Å²) in [5.41, 5.74) is 5.64. The van der Waals surface area contributed by atoms with Gasteiger partial charge in [-0.3, -0.25) is 0 Å². The predicted octanol–water partition coefficient (Wildman–Crippen LogP) is 0.0440. The largest absolute Gasteiger partial charge is 0.324 e. The summed E-state index contributed by atoms with van der Waals surface area (Å²) >= 11 is 0. The Bertz CT molecular complexity index is 294. The minimum atomic E-state index is -3.33. The number of rotatable bonds is 6. The Morgan fingerprint density at radius 2 is 1.87 bits per heavy atom. The van der Waals surface area contributed by atoms with E-state index in [1.807, 2.05) is 13.8 Å². The number of nitrogens with two attached hydrogens (primary N) is 1. The van der Waals surface area contributed by atoms with E-state index in [0.29, 0.717) is 19.6 Å². The molecule has 0 aromatic carbocycles. The van der Waals surface area contributed by atoms with Crippen molar-refractivity contribution >= 4 is 10.2 Å². The molecular formula is C9H21N3O2S. The minimum Gasteiger partial charge on any atom is -0.324 e. The Kier molecular flexibility index (Phi) is 4.11. The molecular weight excluding hydrogens is 214 g/mol. The standard InChI is InChI=1S/C9H21N3O2S/c1-3-12(4-2)15(13,14)11-8-9(10)6-5-7-9/h11H,3-8,10H2,1-2H3. The van der Waals surface area contributed by atoms with E-state index in [9.17, 15) is 8.42 Å². The van der Waals surface area contributed by atoms with E-state index in [2.05, 4.69) is 4.72 Å². The molecule has 1 aliphatic rings. The van der Waals surface area contributed by atoms with E-state index in [0.717, 1.165) is 19.3 Å². The average molecular weight is 235 g/mol. The van der Waals surface area contributed by atoms with Gasteiger partial charge in [0.2, 0.25) is 0 Å². The lowest BCUT2D eigenvalue weighted by molar-refractivity contribution is 0.249. The molecule has 0 amide bonds. The van der Waals surface area contributed by atoms with Gasteiger partial charge < -0.3 is 5.73 Å². The van der Waals surface area contributed by atoms with Crippen LogP contribution in [0.5, 0.6) is 0 Å². The van der Waals surface area contributed by atoms with Gasteiger partial charge in [-0.15, -0.1) is 0 Å². The predicted molar refractivity (Wildman–Crippen MR) is 60.6 cm³/mol. The second-order valence-electron chi connectivity index (χ2n) is 4.13. The molecule has 0 aromatic heterocycles. The molecule has 1 aliphatic carbocycles. The van der Waals surface area contributed by atoms with Crippen LogP contribution in [0.4, 0.5) is 0 Å². The van der Waals surface area contributed by atoms with Crippen molar-refractivity contribution in [3.8, 4) is 0 Å². The molecule has 3 N–H and O–H groups in total. The molecule has 90 valence electrons. The van der Waals surface area contributed by atoms with Crippen LogP contribution in [-0.4, -0.2) is 37.9 Å². The van der Waals surface area contributed by atoms with Gasteiger partial charge in [-0.1, -0.05) is 13.8 Å². The van der Waals surface area contributed by atoms with Gasteiger partial charge in [0.05, 0.1) is 0 Å². The summed E-state index contributed by atoms with van der Waals surface area (Å²) in [6, 6.07) is 0. The molecule has 1 fully saturated rings. The van der Waals surface area contributed by atoms with Crippen molar-refractivity contribution < 1.29 is 8.42 Å². The highest BCUT2D eigenvalue weighted by atomic mass is 32.2. The fraction of sp³-hybridized carbons (Fsp3) is 1.00. The van der Waals surface area contributed by atoms with Crippen LogP contribution in [0.15, 0.2) is 0 Å². The van der Waals surface area contributed by atoms with Gasteiger partial charge in [0.15, 0.2) is 0 Å². The normalized spacial score (nSPS) is 20.3. The van der Waals surface area contributed by atoms with Crippen LogP contribution >= 0.6 is 0 Å². The van der Waals surface area contributed by atoms with Gasteiger partial charge in [0.25, 0.3) is 10.2 Å². The number of hydrogen-bond donors (Lipinski definition) is 2. The number of hydrogen-bond acceptors (Lipinski definition) is 3. The number of nitrogens with one attached hydrogen (secondary N) is 1. The lowest BCUT2D eigenvalue weighted by Crippen LogP contribution is -2.56. The summed E-state index contributed by atoms with van der Waals surface area (Å²) in [4.78, 5) is 0. The highest BCUT2D eigenvalue weighted by Crippen LogP contribution is 2.28. The van der Waals surface area contributed by atoms with Crippen molar-refractivity contribution in [2.45, 2.75) is 38.6 Å². The van der Waals surface area contributed by atoms with Gasteiger partial charge in [-0.25, -0.2) is 4.72 Å². The molecule has 5 nitrogen and oxygen atoms in total. The highest BCUT2D eigenvalue weighted by Gasteiger charge is 2.34. The second kappa shape index (κ2) is 4.78. The fourth-order valence-electron chi connectivity index (χ4n) is 1.70. The highest BCUT2D eigenvalue weighted by molar-refractivity contribution is 7.87. The first-order valence-electron chi connectivity index (χ1n) is 5.47. The van der Waals surface area contributed by atoms with Gasteiger partial charge in [-0.05, 0) is 19.3 Å². The Morgan fingerprint density at radius 3 is 2.20 bits per heavy atom. The molecule has 1 rings (SSSR count). The van der Waals surface area contributed by atoms with Crippen LogP contribution in [0.25, 0.3) is 0 Å². The van der Waals surface area contributed by atoms with Gasteiger partial charge in [0.1, 0.15) is 0 Å². The molecule has 0 aliphatic heterocycles. The summed E-state index contributed by atoms with van der Waals surface area (Å²) in [6.45, 7) is 4.98. The van der Waals surface area contributed by atoms with Crippen molar-refractivity contribution in [1.29, 1.82) is 0 Å². The van der Waals surface area contributed by atoms with Crippen molar-refractivity contribution in [1.82, 2.24) is 9.03 Å². The summed E-state index contributed by atoms with van der Waals surface area (Å²) in [7, 11) is -3.33. The Labute approximate surface area is 92.2 Å². The Balaban J connectivity index is 2.48. The van der Waals surface area contributed by atoms with Crippen LogP contribution in [0.3, 0.4) is 0 Å². The zero-order valence-electron chi connectivity index (χ0n) is 9.49. The maximum atomic E-state index is 11.7. The molecule has 15 heavy (non-hydrogen) atoms. The van der Waals surface area contributed by atoms with Crippen LogP contribution in [0.2, 0.25) is 0 Å². The van der Waals surface area contributed by atoms with E-state index < -0.39 is 10.2 Å². The Hall–Kier alpha value is -0.170. The van der Waals surface area contributed by atoms with E-state index in [4.69, 9.17) is 5.73 Å². The molecule has 0 radical (unpaired) electrons. The third-order valence-electron chi connectivity index (χ3n) is 3.00. The third kappa shape index (κ3) is 3.14. The number of nitrogens with zero attached hydrogens (tertiary/aromatic N) is 1. The third-order valence-corrected chi connectivity index (χ3v) is 4.71. The SMILES string of the molecule is CCN(CC)S(=O)(=O)NCC1(N)CCC1. The lowest BCUT2D eigenvalue weighted by Gasteiger charge is -2.38. The smallest absolute Gasteiger partial charge is 0.279 e. The molecule has 0 aromatic rings. The molecule has 0 saturated heterocycles. The lowest BCUT2D eigenvalue weighted by atomic mass is 9.78. The molecule has 1 saturated carbocycles. The quantitative estimate of drug-likeness (QED) is 0.683. The summed E-state index contributed by atoms with van der Waals surface area (Å²) in [5.74, 6) is 0. The molecule has 0 atom stereocenters. The second-order valence-corrected chi connectivity index (χ2v) is 5.88. The van der Waals surface area contributed by atoms with Gasteiger partial charge in [-0.2, -0.15) is 12.7 Å². The monoisotopic (exact) mass is 235 g/mol. The minimum absolute atomic E-state index is 0.305.